The van der Waals surface area contributed by atoms with Crippen molar-refractivity contribution in [3.8, 4) is 11.5 Å². The van der Waals surface area contributed by atoms with Gasteiger partial charge in [-0.15, -0.1) is 4.52 Å². The number of hydrogen-bond donors (Lipinski definition) is 2. The Balaban J connectivity index is 1.05. The molecule has 0 aliphatic carbocycles. The second kappa shape index (κ2) is 25.5. The predicted molar refractivity (Wildman–Crippen MR) is 326 cm³/mol. The van der Waals surface area contributed by atoms with Crippen molar-refractivity contribution in [3.63, 3.8) is 0 Å². The van der Waals surface area contributed by atoms with Crippen molar-refractivity contribution in [1.29, 1.82) is 0 Å². The predicted octanol–water partition coefficient (Wildman–Crippen LogP) is 10.7. The van der Waals surface area contributed by atoms with Crippen molar-refractivity contribution in [3.05, 3.63) is 269 Å². The number of methoxy groups -OCH3 is 2. The van der Waals surface area contributed by atoms with Crippen LogP contribution in [-0.2, 0) is 43.7 Å². The third-order valence-corrected chi connectivity index (χ3v) is 22.4. The Kier molecular flexibility index (Phi) is 18.2. The molecule has 85 heavy (non-hydrogen) atoms. The molecule has 2 aliphatic heterocycles. The number of benzene rings is 6. The molecule has 1 unspecified atom stereocenters. The van der Waals surface area contributed by atoms with E-state index in [1.54, 1.807) is 21.1 Å². The smallest absolute Gasteiger partial charge is 0.497 e. The van der Waals surface area contributed by atoms with Crippen molar-refractivity contribution in [2.45, 2.75) is 100 Å². The van der Waals surface area contributed by atoms with E-state index in [9.17, 15) is 19.2 Å². The van der Waals surface area contributed by atoms with Crippen LogP contribution in [0.2, 0.25) is 18.1 Å². The number of rotatable bonds is 22. The molecule has 17 nitrogen and oxygen atoms in total. The number of nitrogens with zero attached hydrogens (tertiary/aromatic N) is 2. The molecule has 10 rings (SSSR count). The summed E-state index contributed by atoms with van der Waals surface area (Å²) < 4.78 is 72.1. The average molecular weight is 1190 g/mol. The maximum absolute atomic E-state index is 15.3. The zero-order chi connectivity index (χ0) is 60.1. The SMILES string of the molecule is COc1ccc(C(OC[C@H]2O[C@@H](n3ccc(=O)[nH]c3=O)[C@H](O[Si](C)(C)C(C)(C)C)[C@@H]2C[P+](=O)OC[C@H]2O[C@@H](n3cc(C)c(=O)[nH]c3=O)C[C@@H]2OC(c2ccccc2)(c2ccccc2)c2ccc(OC)cc2)(c2ccccc2)c2ccccc2)cc1. The molecule has 8 aromatic rings. The van der Waals surface area contributed by atoms with E-state index in [0.717, 1.165) is 33.4 Å². The average Bonchev–Trinajstić information content (AvgIpc) is 2.68. The van der Waals surface area contributed by atoms with Gasteiger partial charge in [-0.3, -0.25) is 28.7 Å². The zero-order valence-electron chi connectivity index (χ0n) is 48.9. The maximum atomic E-state index is 15.3. The molecule has 2 aromatic heterocycles. The standard InChI is InChI=1S/C66H71N4O13PSi/c1-44-40-70(63(74)68-60(44)72)58-39-54(82-66(47-25-17-11-18-26-47,48-27-19-12-20-28-48)50-31-35-52(77-6)36-32-50)56(80-58)42-79-84(75)43-53-55(81-61(69-38-37-57(71)67-62(69)73)59(53)83-85(7,8)64(2,3)4)41-78-65(45-21-13-9-14-22-45,46-23-15-10-16-24-46)49-29-33-51(76-5)34-30-49/h9-38,40,53-56,58-59,61H,39,41-43H2,1-8H3,(H-,67,68,71,72,73,74)/p+1/t53-,54+,55-,56-,58-,59-,61-/m1/s1. The Morgan fingerprint density at radius 3 is 1.58 bits per heavy atom. The van der Waals surface area contributed by atoms with Crippen LogP contribution in [0.3, 0.4) is 0 Å². The Bertz CT molecular complexity index is 3720. The fourth-order valence-corrected chi connectivity index (χ4v) is 13.8. The van der Waals surface area contributed by atoms with Crippen molar-refractivity contribution in [1.82, 2.24) is 19.1 Å². The molecule has 8 atom stereocenters. The summed E-state index contributed by atoms with van der Waals surface area (Å²) in [5, 5.41) is -0.340. The monoisotopic (exact) mass is 1190 g/mol. The fraction of sp³-hybridized carbons (Fsp3) is 0.333. The molecule has 6 aromatic carbocycles. The molecule has 0 saturated carbocycles. The molecule has 2 fully saturated rings. The summed E-state index contributed by atoms with van der Waals surface area (Å²) in [7, 11) is -2.23. The molecule has 0 radical (unpaired) electrons. The van der Waals surface area contributed by atoms with Crippen molar-refractivity contribution in [2.75, 3.05) is 33.6 Å². The molecule has 0 bridgehead atoms. The molecule has 0 spiro atoms. The Morgan fingerprint density at radius 2 is 1.08 bits per heavy atom. The number of aromatic nitrogens is 4. The minimum absolute atomic E-state index is 0.112. The zero-order valence-corrected chi connectivity index (χ0v) is 50.8. The summed E-state index contributed by atoms with van der Waals surface area (Å²) in [6, 6.07) is 55.9. The Labute approximate surface area is 495 Å². The second-order valence-corrected chi connectivity index (χ2v) is 29.0. The lowest BCUT2D eigenvalue weighted by atomic mass is 9.79. The molecular weight excluding hydrogens is 1120 g/mol. The van der Waals surface area contributed by atoms with Crippen LogP contribution in [0.1, 0.15) is 78.6 Å². The molecule has 19 heteroatoms. The van der Waals surface area contributed by atoms with E-state index in [-0.39, 0.29) is 30.8 Å². The van der Waals surface area contributed by atoms with Gasteiger partial charge in [-0.2, -0.15) is 0 Å². The first-order valence-electron chi connectivity index (χ1n) is 28.4. The number of hydrogen-bond acceptors (Lipinski definition) is 13. The number of ether oxygens (including phenoxy) is 6. The first-order valence-corrected chi connectivity index (χ1v) is 32.6. The lowest BCUT2D eigenvalue weighted by Crippen LogP contribution is -2.49. The van der Waals surface area contributed by atoms with E-state index >= 15 is 4.57 Å². The van der Waals surface area contributed by atoms with Crippen LogP contribution in [-0.4, -0.2) is 85.4 Å². The van der Waals surface area contributed by atoms with Gasteiger partial charge in [0.1, 0.15) is 47.7 Å². The van der Waals surface area contributed by atoms with Gasteiger partial charge in [-0.1, -0.05) is 166 Å². The summed E-state index contributed by atoms with van der Waals surface area (Å²) in [6.45, 7) is 11.7. The summed E-state index contributed by atoms with van der Waals surface area (Å²) in [6.07, 6.45) is -2.90. The van der Waals surface area contributed by atoms with Gasteiger partial charge in [0.15, 0.2) is 20.7 Å². The second-order valence-electron chi connectivity index (χ2n) is 23.0. The lowest BCUT2D eigenvalue weighted by Gasteiger charge is -2.40. The molecular formula is C66H72N4O13PSi+. The highest BCUT2D eigenvalue weighted by Gasteiger charge is 2.55. The summed E-state index contributed by atoms with van der Waals surface area (Å²) in [5.41, 5.74) is 0.0603. The van der Waals surface area contributed by atoms with Gasteiger partial charge in [-0.25, -0.2) is 9.59 Å². The van der Waals surface area contributed by atoms with Crippen LogP contribution in [0, 0.1) is 12.8 Å². The molecule has 2 N–H and O–H groups in total. The number of H-pyrrole nitrogens is 2. The fourth-order valence-electron chi connectivity index (χ4n) is 11.2. The molecule has 4 heterocycles. The first-order chi connectivity index (χ1) is 40.8. The van der Waals surface area contributed by atoms with Crippen LogP contribution < -0.4 is 32.0 Å². The van der Waals surface area contributed by atoms with E-state index in [0.29, 0.717) is 17.1 Å². The van der Waals surface area contributed by atoms with Gasteiger partial charge < -0.3 is 32.8 Å². The summed E-state index contributed by atoms with van der Waals surface area (Å²) in [4.78, 5) is 57.8. The van der Waals surface area contributed by atoms with Crippen LogP contribution >= 0.6 is 8.03 Å². The van der Waals surface area contributed by atoms with Crippen LogP contribution in [0.4, 0.5) is 0 Å². The molecule has 2 aliphatic rings. The van der Waals surface area contributed by atoms with Gasteiger partial charge in [0.25, 0.3) is 11.1 Å². The Hall–Kier alpha value is -7.64. The molecule has 2 saturated heterocycles. The number of nitrogens with one attached hydrogen (secondary N) is 2. The molecule has 442 valence electrons. The van der Waals surface area contributed by atoms with Gasteiger partial charge in [0, 0.05) is 30.4 Å². The highest BCUT2D eigenvalue weighted by atomic mass is 31.1. The van der Waals surface area contributed by atoms with Gasteiger partial charge in [-0.05, 0) is 87.3 Å². The number of aromatic amines is 2. The van der Waals surface area contributed by atoms with Crippen molar-refractivity contribution >= 4 is 16.3 Å². The van der Waals surface area contributed by atoms with Gasteiger partial charge in [0.2, 0.25) is 0 Å². The quantitative estimate of drug-likeness (QED) is 0.0369. The van der Waals surface area contributed by atoms with Crippen LogP contribution in [0.25, 0.3) is 0 Å². The van der Waals surface area contributed by atoms with Crippen molar-refractivity contribution < 1.29 is 41.9 Å². The van der Waals surface area contributed by atoms with E-state index < -0.39 is 92.8 Å². The van der Waals surface area contributed by atoms with E-state index in [2.05, 4.69) is 43.8 Å². The lowest BCUT2D eigenvalue weighted by molar-refractivity contribution is -0.0961. The van der Waals surface area contributed by atoms with Crippen LogP contribution in [0.15, 0.2) is 207 Å². The van der Waals surface area contributed by atoms with E-state index in [1.165, 1.54) is 27.6 Å². The normalized spacial score (nSPS) is 20.3. The third-order valence-electron chi connectivity index (χ3n) is 16.7. The molecule has 0 amide bonds. The highest BCUT2D eigenvalue weighted by molar-refractivity contribution is 7.39. The van der Waals surface area contributed by atoms with Crippen LogP contribution in [0.5, 0.6) is 11.5 Å². The summed E-state index contributed by atoms with van der Waals surface area (Å²) in [5.74, 6) is 0.528. The Morgan fingerprint density at radius 1 is 0.600 bits per heavy atom. The van der Waals surface area contributed by atoms with Gasteiger partial charge >= 0.3 is 19.4 Å². The summed E-state index contributed by atoms with van der Waals surface area (Å²) >= 11 is 0. The minimum atomic E-state index is -2.78. The van der Waals surface area contributed by atoms with Crippen molar-refractivity contribution in [2.24, 2.45) is 5.92 Å². The highest BCUT2D eigenvalue weighted by Crippen LogP contribution is 2.50. The van der Waals surface area contributed by atoms with E-state index in [1.807, 2.05) is 170 Å². The minimum Gasteiger partial charge on any atom is -0.497 e. The maximum Gasteiger partial charge on any atom is 0.508 e. The topological polar surface area (TPSA) is 201 Å². The first kappa shape index (κ1) is 60.5. The third kappa shape index (κ3) is 12.6. The van der Waals surface area contributed by atoms with Gasteiger partial charge in [0.05, 0.1) is 39.0 Å². The van der Waals surface area contributed by atoms with E-state index in [4.69, 9.17) is 37.4 Å². The number of aryl methyl sites for hydroxylation is 1. The largest absolute Gasteiger partial charge is 0.508 e.